The van der Waals surface area contributed by atoms with Gasteiger partial charge in [0.25, 0.3) is 0 Å². The molecule has 0 saturated carbocycles. The SMILES string of the molecule is CCCCC/C=C\C/C=C\C/C=C\CCCCCCCCCCCCCCC(=O)OC1C(OCC(NC(=O)C(O)C/C=C/C/C=C\CCCCCCCC)C(O)/C=C/CCCCCCCCCCCCC)OC(CO)C(O)C1O. The number of amides is 1. The number of rotatable bonds is 55. The van der Waals surface area contributed by atoms with Gasteiger partial charge in [0.2, 0.25) is 5.91 Å². The van der Waals surface area contributed by atoms with E-state index < -0.39 is 67.4 Å². The van der Waals surface area contributed by atoms with Crippen LogP contribution in [0.3, 0.4) is 0 Å². The van der Waals surface area contributed by atoms with Crippen molar-refractivity contribution in [3.63, 3.8) is 0 Å². The van der Waals surface area contributed by atoms with E-state index in [1.54, 1.807) is 12.2 Å². The predicted octanol–water partition coefficient (Wildman–Crippen LogP) is 16.0. The van der Waals surface area contributed by atoms with E-state index in [1.807, 2.05) is 12.2 Å². The van der Waals surface area contributed by atoms with Crippen LogP contribution in [0.5, 0.6) is 0 Å². The van der Waals surface area contributed by atoms with Gasteiger partial charge in [-0.05, 0) is 77.0 Å². The molecular formula is C68H121NO10. The van der Waals surface area contributed by atoms with Crippen molar-refractivity contribution in [1.29, 1.82) is 0 Å². The summed E-state index contributed by atoms with van der Waals surface area (Å²) in [6, 6.07) is -1.06. The molecule has 0 bridgehead atoms. The molecule has 0 aromatic rings. The van der Waals surface area contributed by atoms with Crippen LogP contribution in [0.2, 0.25) is 0 Å². The number of carbonyl (C=O) groups is 2. The van der Waals surface area contributed by atoms with E-state index >= 15 is 0 Å². The molecule has 0 radical (unpaired) electrons. The zero-order chi connectivity index (χ0) is 57.5. The van der Waals surface area contributed by atoms with Crippen molar-refractivity contribution >= 4 is 11.9 Å². The van der Waals surface area contributed by atoms with Crippen molar-refractivity contribution in [2.24, 2.45) is 0 Å². The lowest BCUT2D eigenvalue weighted by atomic mass is 9.99. The second-order valence-electron chi connectivity index (χ2n) is 22.5. The van der Waals surface area contributed by atoms with Gasteiger partial charge >= 0.3 is 5.97 Å². The molecule has 1 rings (SSSR count). The molecule has 79 heavy (non-hydrogen) atoms. The van der Waals surface area contributed by atoms with Crippen LogP contribution in [0.15, 0.2) is 72.9 Å². The Hall–Kier alpha value is -2.90. The number of unbranched alkanes of at least 4 members (excludes halogenated alkanes) is 32. The Morgan fingerprint density at radius 2 is 0.873 bits per heavy atom. The number of aliphatic hydroxyl groups is 5. The number of esters is 1. The highest BCUT2D eigenvalue weighted by molar-refractivity contribution is 5.81. The maximum atomic E-state index is 13.4. The van der Waals surface area contributed by atoms with Crippen LogP contribution < -0.4 is 5.32 Å². The van der Waals surface area contributed by atoms with Crippen LogP contribution in [-0.4, -0.2) is 99.6 Å². The minimum absolute atomic E-state index is 0.0809. The van der Waals surface area contributed by atoms with Gasteiger partial charge in [0.15, 0.2) is 12.4 Å². The second-order valence-corrected chi connectivity index (χ2v) is 22.5. The van der Waals surface area contributed by atoms with E-state index in [4.69, 9.17) is 14.2 Å². The summed E-state index contributed by atoms with van der Waals surface area (Å²) in [5.41, 5.74) is 0. The van der Waals surface area contributed by atoms with E-state index in [0.717, 1.165) is 57.8 Å². The first kappa shape index (κ1) is 74.1. The summed E-state index contributed by atoms with van der Waals surface area (Å²) in [5, 5.41) is 56.9. The maximum Gasteiger partial charge on any atom is 0.306 e. The Kier molecular flexibility index (Phi) is 52.2. The fourth-order valence-corrected chi connectivity index (χ4v) is 9.88. The van der Waals surface area contributed by atoms with Crippen molar-refractivity contribution in [1.82, 2.24) is 5.32 Å². The number of ether oxygens (including phenoxy) is 3. The van der Waals surface area contributed by atoms with Crippen molar-refractivity contribution in [3.8, 4) is 0 Å². The van der Waals surface area contributed by atoms with Crippen LogP contribution in [0.25, 0.3) is 0 Å². The average molecular weight is 1110 g/mol. The molecule has 0 aromatic carbocycles. The number of carbonyl (C=O) groups excluding carboxylic acids is 2. The fourth-order valence-electron chi connectivity index (χ4n) is 9.88. The summed E-state index contributed by atoms with van der Waals surface area (Å²) < 4.78 is 17.6. The zero-order valence-corrected chi connectivity index (χ0v) is 50.7. The predicted molar refractivity (Wildman–Crippen MR) is 329 cm³/mol. The lowest BCUT2D eigenvalue weighted by Crippen LogP contribution is -2.61. The van der Waals surface area contributed by atoms with Gasteiger partial charge in [-0.25, -0.2) is 0 Å². The third-order valence-electron chi connectivity index (χ3n) is 15.1. The molecule has 8 atom stereocenters. The van der Waals surface area contributed by atoms with E-state index in [1.165, 1.54) is 180 Å². The standard InChI is InChI=1S/C68H121NO10/c1-4-7-10-13-16-19-22-25-26-27-28-29-30-31-32-33-34-35-36-38-41-44-47-50-53-56-63(73)79-66-65(75)64(74)62(57-70)78-68(66)77-58-59(60(71)54-51-48-45-42-40-37-23-20-17-14-11-8-5-2)69-67(76)61(72)55-52-49-46-43-39-24-21-18-15-12-9-6-3/h16,19,25-26,28-29,39,43,49,51-52,54,59-62,64-66,68,70-72,74-75H,4-15,17-18,20-24,27,30-38,40-42,44-48,50,53,55-58H2,1-3H3,(H,69,76)/b19-16-,26-25-,29-28-,43-39-,52-49+,54-51+. The number of nitrogens with one attached hydrogen (secondary N) is 1. The molecule has 1 fully saturated rings. The fraction of sp³-hybridized carbons (Fsp3) is 0.794. The van der Waals surface area contributed by atoms with Gasteiger partial charge in [-0.1, -0.05) is 267 Å². The van der Waals surface area contributed by atoms with Gasteiger partial charge in [-0.2, -0.15) is 0 Å². The molecule has 0 spiro atoms. The highest BCUT2D eigenvalue weighted by atomic mass is 16.7. The molecule has 1 aliphatic rings. The van der Waals surface area contributed by atoms with Crippen LogP contribution in [0, 0.1) is 0 Å². The van der Waals surface area contributed by atoms with Gasteiger partial charge in [0.05, 0.1) is 25.4 Å². The highest BCUT2D eigenvalue weighted by Gasteiger charge is 2.47. The summed E-state index contributed by atoms with van der Waals surface area (Å²) >= 11 is 0. The van der Waals surface area contributed by atoms with Gasteiger partial charge < -0.3 is 45.1 Å². The van der Waals surface area contributed by atoms with Gasteiger partial charge in [-0.15, -0.1) is 0 Å². The van der Waals surface area contributed by atoms with Gasteiger partial charge in [0, 0.05) is 12.8 Å². The summed E-state index contributed by atoms with van der Waals surface area (Å²) in [6.07, 6.45) is 61.1. The third kappa shape index (κ3) is 43.5. The first-order valence-corrected chi connectivity index (χ1v) is 32.7. The molecule has 6 N–H and O–H groups in total. The third-order valence-corrected chi connectivity index (χ3v) is 15.1. The molecule has 0 aromatic heterocycles. The van der Waals surface area contributed by atoms with E-state index in [-0.39, 0.29) is 19.4 Å². The van der Waals surface area contributed by atoms with Gasteiger partial charge in [0.1, 0.15) is 24.4 Å². The number of aliphatic hydroxyl groups excluding tert-OH is 5. The number of allylic oxidation sites excluding steroid dienone is 10. The Bertz CT molecular complexity index is 1560. The van der Waals surface area contributed by atoms with Crippen LogP contribution in [0.1, 0.15) is 284 Å². The number of hydrogen-bond donors (Lipinski definition) is 6. The Balaban J connectivity index is 2.61. The van der Waals surface area contributed by atoms with E-state index in [0.29, 0.717) is 12.8 Å². The minimum Gasteiger partial charge on any atom is -0.454 e. The molecule has 11 heteroatoms. The summed E-state index contributed by atoms with van der Waals surface area (Å²) in [4.78, 5) is 26.5. The molecule has 8 unspecified atom stereocenters. The molecule has 0 aliphatic carbocycles. The normalized spacial score (nSPS) is 19.3. The molecule has 1 amide bonds. The van der Waals surface area contributed by atoms with Gasteiger partial charge in [-0.3, -0.25) is 9.59 Å². The lowest BCUT2D eigenvalue weighted by molar-refractivity contribution is -0.305. The average Bonchev–Trinajstić information content (AvgIpc) is 3.48. The molecule has 1 heterocycles. The van der Waals surface area contributed by atoms with Crippen molar-refractivity contribution < 1.29 is 49.3 Å². The Morgan fingerprint density at radius 3 is 1.33 bits per heavy atom. The molecular weight excluding hydrogens is 991 g/mol. The molecule has 11 nitrogen and oxygen atoms in total. The van der Waals surface area contributed by atoms with Crippen LogP contribution >= 0.6 is 0 Å². The number of hydrogen-bond acceptors (Lipinski definition) is 10. The Labute approximate surface area is 483 Å². The first-order chi connectivity index (χ1) is 38.7. The molecule has 1 aliphatic heterocycles. The first-order valence-electron chi connectivity index (χ1n) is 32.7. The minimum atomic E-state index is -1.63. The van der Waals surface area contributed by atoms with Crippen LogP contribution in [-0.2, 0) is 23.8 Å². The van der Waals surface area contributed by atoms with E-state index in [9.17, 15) is 35.1 Å². The topological polar surface area (TPSA) is 175 Å². The van der Waals surface area contributed by atoms with Crippen molar-refractivity contribution in [2.75, 3.05) is 13.2 Å². The highest BCUT2D eigenvalue weighted by Crippen LogP contribution is 2.26. The summed E-state index contributed by atoms with van der Waals surface area (Å²) in [7, 11) is 0. The molecule has 458 valence electrons. The van der Waals surface area contributed by atoms with Crippen molar-refractivity contribution in [2.45, 2.75) is 333 Å². The monoisotopic (exact) mass is 1110 g/mol. The Morgan fingerprint density at radius 1 is 0.494 bits per heavy atom. The quantitative estimate of drug-likeness (QED) is 0.0195. The van der Waals surface area contributed by atoms with E-state index in [2.05, 4.69) is 74.7 Å². The largest absolute Gasteiger partial charge is 0.454 e. The van der Waals surface area contributed by atoms with Crippen LogP contribution in [0.4, 0.5) is 0 Å². The van der Waals surface area contributed by atoms with Crippen molar-refractivity contribution in [3.05, 3.63) is 72.9 Å². The summed E-state index contributed by atoms with van der Waals surface area (Å²) in [6.45, 7) is 5.72. The molecule has 1 saturated heterocycles. The summed E-state index contributed by atoms with van der Waals surface area (Å²) in [5.74, 6) is -1.27. The maximum absolute atomic E-state index is 13.4. The zero-order valence-electron chi connectivity index (χ0n) is 50.7. The lowest BCUT2D eigenvalue weighted by Gasteiger charge is -2.41. The second kappa shape index (κ2) is 55.6. The smallest absolute Gasteiger partial charge is 0.306 e.